The summed E-state index contributed by atoms with van der Waals surface area (Å²) in [5, 5.41) is 11.0. The summed E-state index contributed by atoms with van der Waals surface area (Å²) < 4.78 is 0. The molecule has 0 aromatic heterocycles. The highest BCUT2D eigenvalue weighted by atomic mass is 32.1. The molecule has 0 fully saturated rings. The number of nitrogens with two attached hydrogens (primary N) is 1. The topological polar surface area (TPSA) is 40.4 Å². The number of hydrogen-bond acceptors (Lipinski definition) is 2. The van der Waals surface area contributed by atoms with Crippen molar-refractivity contribution in [1.29, 1.82) is 5.26 Å². The van der Waals surface area contributed by atoms with Crippen LogP contribution in [0.1, 0.15) is 90.9 Å². The highest BCUT2D eigenvalue weighted by Crippen LogP contribution is 2.04. The van der Waals surface area contributed by atoms with E-state index in [1.165, 1.54) is 95.5 Å². The molecule has 0 spiro atoms. The molecular weight excluding hydrogens is 264 g/mol. The van der Waals surface area contributed by atoms with Crippen LogP contribution in [0.3, 0.4) is 0 Å². The molecule has 0 aromatic carbocycles. The molecule has 0 bridgehead atoms. The zero-order chi connectivity index (χ0) is 15.3. The van der Waals surface area contributed by atoms with Crippen LogP contribution < -0.4 is 5.32 Å². The molecule has 0 atom stereocenters. The normalized spacial score (nSPS) is 9.65. The monoisotopic (exact) mass is 300 g/mol. The van der Waals surface area contributed by atoms with Crippen molar-refractivity contribution in [3.63, 3.8) is 0 Å². The van der Waals surface area contributed by atoms with Crippen molar-refractivity contribution in [3.05, 3.63) is 0 Å². The summed E-state index contributed by atoms with van der Waals surface area (Å²) in [6, 6.07) is 0. The minimum absolute atomic E-state index is 1.33. The lowest BCUT2D eigenvalue weighted by Crippen LogP contribution is -2.84. The number of quaternary nitrogens is 1. The maximum Gasteiger partial charge on any atom is 0.0755 e. The first-order chi connectivity index (χ1) is 9.83. The van der Waals surface area contributed by atoms with E-state index in [0.717, 1.165) is 0 Å². The summed E-state index contributed by atoms with van der Waals surface area (Å²) in [4.78, 5) is 0. The number of nitrogens with zero attached hydrogens (tertiary/aromatic N) is 1. The van der Waals surface area contributed by atoms with Gasteiger partial charge in [0, 0.05) is 0 Å². The summed E-state index contributed by atoms with van der Waals surface area (Å²) in [5.74, 6) is 0. The predicted octanol–water partition coefficient (Wildman–Crippen LogP) is 4.29. The van der Waals surface area contributed by atoms with Crippen molar-refractivity contribution in [1.82, 2.24) is 0 Å². The van der Waals surface area contributed by atoms with E-state index in [2.05, 4.69) is 31.8 Å². The molecule has 0 heterocycles. The second-order valence-electron chi connectivity index (χ2n) is 5.49. The number of rotatable bonds is 14. The standard InChI is InChI=1S/C16H35N.CHNS/c1-3-5-7-9-11-13-15-17-16-14-12-10-8-6-4-2;2-1-3/h17H,3-16H2,1-2H3;3H. The van der Waals surface area contributed by atoms with Crippen LogP contribution >= 0.6 is 0 Å². The first-order valence-corrected chi connectivity index (χ1v) is 9.07. The molecule has 0 aliphatic heterocycles. The minimum atomic E-state index is 1.33. The van der Waals surface area contributed by atoms with Crippen LogP contribution in [0, 0.1) is 10.7 Å². The van der Waals surface area contributed by atoms with Gasteiger partial charge in [0.15, 0.2) is 0 Å². The molecule has 3 heteroatoms. The summed E-state index contributed by atoms with van der Waals surface area (Å²) in [5.41, 5.74) is 0. The van der Waals surface area contributed by atoms with Gasteiger partial charge >= 0.3 is 0 Å². The van der Waals surface area contributed by atoms with Gasteiger partial charge in [-0.05, 0) is 25.7 Å². The average molecular weight is 301 g/mol. The fourth-order valence-corrected chi connectivity index (χ4v) is 2.28. The summed E-state index contributed by atoms with van der Waals surface area (Å²) >= 11 is 3.70. The van der Waals surface area contributed by atoms with Gasteiger partial charge in [0.1, 0.15) is 0 Å². The largest absolute Gasteiger partial charge is 0.696 e. The maximum absolute atomic E-state index is 7.13. The van der Waals surface area contributed by atoms with Crippen molar-refractivity contribution < 1.29 is 5.32 Å². The number of unbranched alkanes of at least 4 members (excludes halogenated alkanes) is 10. The molecular formula is C17H36N2S. The molecule has 0 unspecified atom stereocenters. The lowest BCUT2D eigenvalue weighted by Gasteiger charge is -2.02. The molecule has 2 nitrogen and oxygen atoms in total. The highest BCUT2D eigenvalue weighted by Gasteiger charge is 1.94. The number of thiocyanates is 1. The second kappa shape index (κ2) is 23.7. The molecule has 0 amide bonds. The van der Waals surface area contributed by atoms with Crippen LogP contribution in [0.4, 0.5) is 0 Å². The van der Waals surface area contributed by atoms with E-state index in [9.17, 15) is 0 Å². The summed E-state index contributed by atoms with van der Waals surface area (Å²) in [6.07, 6.45) is 17.2. The Morgan fingerprint density at radius 3 is 1.35 bits per heavy atom. The van der Waals surface area contributed by atoms with Crippen LogP contribution in [-0.2, 0) is 12.6 Å². The smallest absolute Gasteiger partial charge is 0.0755 e. The van der Waals surface area contributed by atoms with Crippen LogP contribution in [0.2, 0.25) is 0 Å². The van der Waals surface area contributed by atoms with Crippen LogP contribution in [-0.4, -0.2) is 13.1 Å². The Labute approximate surface area is 133 Å². The van der Waals surface area contributed by atoms with E-state index in [-0.39, 0.29) is 0 Å². The SMILES string of the molecule is CCCCCCCC[NH2+]CCCCCCCC.N#C[S-]. The molecule has 0 aromatic rings. The van der Waals surface area contributed by atoms with Crippen LogP contribution in [0.5, 0.6) is 0 Å². The van der Waals surface area contributed by atoms with Gasteiger partial charge in [0.2, 0.25) is 0 Å². The van der Waals surface area contributed by atoms with E-state index in [0.29, 0.717) is 0 Å². The lowest BCUT2D eigenvalue weighted by atomic mass is 10.1. The second-order valence-corrected chi connectivity index (χ2v) is 5.68. The number of nitriles is 1. The lowest BCUT2D eigenvalue weighted by molar-refractivity contribution is -0.655. The molecule has 0 aliphatic rings. The Hall–Kier alpha value is -0.330. The van der Waals surface area contributed by atoms with Gasteiger partial charge < -0.3 is 17.9 Å². The zero-order valence-electron chi connectivity index (χ0n) is 13.8. The molecule has 20 heavy (non-hydrogen) atoms. The Bertz CT molecular complexity index is 176. The third kappa shape index (κ3) is 26.3. The van der Waals surface area contributed by atoms with Gasteiger partial charge in [-0.25, -0.2) is 5.26 Å². The van der Waals surface area contributed by atoms with Gasteiger partial charge in [-0.2, -0.15) is 0 Å². The van der Waals surface area contributed by atoms with Gasteiger partial charge in [0.05, 0.1) is 13.1 Å². The van der Waals surface area contributed by atoms with E-state index in [4.69, 9.17) is 5.26 Å². The van der Waals surface area contributed by atoms with E-state index >= 15 is 0 Å². The summed E-state index contributed by atoms with van der Waals surface area (Å²) in [7, 11) is 0. The Morgan fingerprint density at radius 1 is 0.700 bits per heavy atom. The molecule has 0 aliphatic carbocycles. The van der Waals surface area contributed by atoms with Gasteiger partial charge in [0.25, 0.3) is 0 Å². The first kappa shape index (κ1) is 22.0. The Kier molecular flexibility index (Phi) is 26.1. The zero-order valence-corrected chi connectivity index (χ0v) is 14.6. The van der Waals surface area contributed by atoms with Crippen LogP contribution in [0.25, 0.3) is 0 Å². The van der Waals surface area contributed by atoms with E-state index in [1.807, 2.05) is 0 Å². The third-order valence-electron chi connectivity index (χ3n) is 3.52. The number of hydrogen-bond donors (Lipinski definition) is 1. The minimum Gasteiger partial charge on any atom is -0.696 e. The predicted molar refractivity (Wildman–Crippen MR) is 91.4 cm³/mol. The highest BCUT2D eigenvalue weighted by molar-refractivity contribution is 7.64. The van der Waals surface area contributed by atoms with Crippen molar-refractivity contribution >= 4 is 12.6 Å². The fourth-order valence-electron chi connectivity index (χ4n) is 2.28. The third-order valence-corrected chi connectivity index (χ3v) is 3.52. The molecule has 120 valence electrons. The van der Waals surface area contributed by atoms with Gasteiger partial charge in [-0.15, -0.1) is 0 Å². The molecule has 0 rings (SSSR count). The maximum atomic E-state index is 7.13. The van der Waals surface area contributed by atoms with Crippen LogP contribution in [0.15, 0.2) is 0 Å². The van der Waals surface area contributed by atoms with E-state index < -0.39 is 0 Å². The van der Waals surface area contributed by atoms with Crippen molar-refractivity contribution in [3.8, 4) is 5.40 Å². The van der Waals surface area contributed by atoms with Crippen molar-refractivity contribution in [2.75, 3.05) is 13.1 Å². The van der Waals surface area contributed by atoms with Gasteiger partial charge in [-0.1, -0.05) is 70.6 Å². The molecule has 0 saturated heterocycles. The Morgan fingerprint density at radius 2 is 1.00 bits per heavy atom. The first-order valence-electron chi connectivity index (χ1n) is 8.66. The molecule has 0 saturated carbocycles. The quantitative estimate of drug-likeness (QED) is 0.295. The van der Waals surface area contributed by atoms with Crippen molar-refractivity contribution in [2.24, 2.45) is 0 Å². The Balaban J connectivity index is 0. The average Bonchev–Trinajstić information content (AvgIpc) is 2.45. The van der Waals surface area contributed by atoms with Crippen molar-refractivity contribution in [2.45, 2.75) is 90.9 Å². The fraction of sp³-hybridized carbons (Fsp3) is 0.941. The summed E-state index contributed by atoms with van der Waals surface area (Å²) in [6.45, 7) is 7.30. The van der Waals surface area contributed by atoms with Gasteiger partial charge in [-0.3, -0.25) is 0 Å². The van der Waals surface area contributed by atoms with E-state index in [1.54, 1.807) is 0 Å². The molecule has 2 N–H and O–H groups in total. The molecule has 0 radical (unpaired) electrons.